The molecule has 5 rings (SSSR count). The fraction of sp³-hybridized carbons (Fsp3) is 0.462. The number of hydrogen-bond donors (Lipinski definition) is 1. The summed E-state index contributed by atoms with van der Waals surface area (Å²) in [5, 5.41) is 12.3. The largest absolute Gasteiger partial charge is 0.478 e. The van der Waals surface area contributed by atoms with Crippen molar-refractivity contribution in [3.63, 3.8) is 0 Å². The number of aromatic nitrogens is 1. The number of carbonyl (C=O) groups is 2. The van der Waals surface area contributed by atoms with Crippen LogP contribution in [0.25, 0.3) is 21.5 Å². The summed E-state index contributed by atoms with van der Waals surface area (Å²) in [6, 6.07) is 7.62. The molecule has 1 aliphatic heterocycles. The second-order valence-electron chi connectivity index (χ2n) is 9.58. The predicted molar refractivity (Wildman–Crippen MR) is 132 cm³/mol. The van der Waals surface area contributed by atoms with Crippen LogP contribution < -0.4 is 0 Å². The number of hydrogen-bond acceptors (Lipinski definition) is 4. The number of fused-ring (bicyclic) bond motifs is 5. The highest BCUT2D eigenvalue weighted by Gasteiger charge is 2.33. The van der Waals surface area contributed by atoms with Gasteiger partial charge in [-0.05, 0) is 61.5 Å². The normalized spacial score (nSPS) is 17.2. The number of nitrogens with zero attached hydrogens (tertiary/aromatic N) is 3. The third kappa shape index (κ3) is 3.97. The maximum atomic E-state index is 13.5. The Morgan fingerprint density at radius 2 is 1.94 bits per heavy atom. The van der Waals surface area contributed by atoms with Crippen LogP contribution >= 0.6 is 11.3 Å². The third-order valence-corrected chi connectivity index (χ3v) is 8.10. The quantitative estimate of drug-likeness (QED) is 0.575. The van der Waals surface area contributed by atoms with Gasteiger partial charge in [0.15, 0.2) is 0 Å². The summed E-state index contributed by atoms with van der Waals surface area (Å²) in [6.45, 7) is 2.06. The van der Waals surface area contributed by atoms with Gasteiger partial charge in [0, 0.05) is 25.2 Å². The van der Waals surface area contributed by atoms with Gasteiger partial charge in [0.25, 0.3) is 0 Å². The van der Waals surface area contributed by atoms with E-state index in [-0.39, 0.29) is 12.5 Å². The first kappa shape index (κ1) is 22.2. The van der Waals surface area contributed by atoms with Gasteiger partial charge in [-0.15, -0.1) is 11.3 Å². The Morgan fingerprint density at radius 3 is 2.67 bits per heavy atom. The summed E-state index contributed by atoms with van der Waals surface area (Å²) in [6.07, 6.45) is 5.91. The lowest BCUT2D eigenvalue weighted by atomic mass is 9.82. The molecule has 1 saturated carbocycles. The Kier molecular flexibility index (Phi) is 6.01. The maximum absolute atomic E-state index is 13.5. The lowest BCUT2D eigenvalue weighted by Crippen LogP contribution is -2.39. The molecule has 0 saturated heterocycles. The average Bonchev–Trinajstić information content (AvgIpc) is 3.37. The molecule has 7 heteroatoms. The van der Waals surface area contributed by atoms with Crippen molar-refractivity contribution in [3.8, 4) is 11.3 Å². The van der Waals surface area contributed by atoms with Gasteiger partial charge in [-0.25, -0.2) is 4.79 Å². The number of likely N-dealkylation sites (N-methyl/N-ethyl adjacent to an activating group) is 1. The van der Waals surface area contributed by atoms with Crippen molar-refractivity contribution in [2.24, 2.45) is 0 Å². The van der Waals surface area contributed by atoms with Crippen LogP contribution in [0.5, 0.6) is 0 Å². The van der Waals surface area contributed by atoms with Gasteiger partial charge in [0.1, 0.15) is 6.54 Å². The third-order valence-electron chi connectivity index (χ3n) is 7.16. The van der Waals surface area contributed by atoms with E-state index < -0.39 is 5.97 Å². The second-order valence-corrected chi connectivity index (χ2v) is 10.5. The van der Waals surface area contributed by atoms with Gasteiger partial charge >= 0.3 is 5.97 Å². The van der Waals surface area contributed by atoms with Crippen LogP contribution in [-0.4, -0.2) is 58.5 Å². The zero-order chi connectivity index (χ0) is 23.1. The van der Waals surface area contributed by atoms with Crippen molar-refractivity contribution < 1.29 is 14.7 Å². The van der Waals surface area contributed by atoms with E-state index in [0.717, 1.165) is 41.7 Å². The lowest BCUT2D eigenvalue weighted by molar-refractivity contribution is -0.132. The van der Waals surface area contributed by atoms with Crippen molar-refractivity contribution in [2.75, 3.05) is 27.2 Å². The van der Waals surface area contributed by atoms with E-state index >= 15 is 0 Å². The van der Waals surface area contributed by atoms with Crippen LogP contribution in [0.2, 0.25) is 0 Å². The molecule has 3 aromatic rings. The van der Waals surface area contributed by atoms with Crippen LogP contribution in [0.3, 0.4) is 0 Å². The molecule has 1 aliphatic carbocycles. The smallest absolute Gasteiger partial charge is 0.336 e. The Balaban J connectivity index is 1.76. The molecule has 174 valence electrons. The fourth-order valence-electron chi connectivity index (χ4n) is 5.54. The zero-order valence-corrected chi connectivity index (χ0v) is 20.2. The van der Waals surface area contributed by atoms with E-state index in [1.54, 1.807) is 17.4 Å². The molecule has 0 spiro atoms. The van der Waals surface area contributed by atoms with Gasteiger partial charge in [-0.1, -0.05) is 31.4 Å². The molecule has 1 N–H and O–H groups in total. The molecule has 6 nitrogen and oxygen atoms in total. The fourth-order valence-corrected chi connectivity index (χ4v) is 6.56. The van der Waals surface area contributed by atoms with Crippen molar-refractivity contribution in [3.05, 3.63) is 46.3 Å². The molecule has 0 atom stereocenters. The monoisotopic (exact) mass is 465 g/mol. The second kappa shape index (κ2) is 8.95. The Labute approximate surface area is 198 Å². The molecule has 2 aromatic heterocycles. The molecule has 2 aliphatic rings. The van der Waals surface area contributed by atoms with E-state index in [9.17, 15) is 14.7 Å². The van der Waals surface area contributed by atoms with E-state index in [2.05, 4.69) is 20.9 Å². The number of carboxylic acid groups (broad SMARTS) is 1. The van der Waals surface area contributed by atoms with Crippen molar-refractivity contribution in [1.82, 2.24) is 14.4 Å². The summed E-state index contributed by atoms with van der Waals surface area (Å²) in [5.41, 5.74) is 5.35. The molecular formula is C26H31N3O3S. The molecule has 0 bridgehead atoms. The standard InChI is InChI=1S/C26H31N3O3S/c1-27(2)12-13-28-15-18-9-6-10-19(26(31)32)22(18)24-23(17-7-4-3-5-8-17)25-20(11-14-33-25)29(24)16-21(28)30/h6,9-11,14,17H,3-5,7-8,12-13,15-16H2,1-2H3,(H,31,32). The highest BCUT2D eigenvalue weighted by atomic mass is 32.1. The first-order valence-corrected chi connectivity index (χ1v) is 12.7. The van der Waals surface area contributed by atoms with Crippen LogP contribution in [0.15, 0.2) is 29.6 Å². The Bertz CT molecular complexity index is 1200. The summed E-state index contributed by atoms with van der Waals surface area (Å²) in [4.78, 5) is 29.8. The average molecular weight is 466 g/mol. The number of carboxylic acids is 1. The Hall–Kier alpha value is -2.64. The van der Waals surface area contributed by atoms with Crippen LogP contribution in [0, 0.1) is 0 Å². The summed E-state index contributed by atoms with van der Waals surface area (Å²) in [5.74, 6) is -0.419. The maximum Gasteiger partial charge on any atom is 0.336 e. The minimum atomic E-state index is -0.913. The predicted octanol–water partition coefficient (Wildman–Crippen LogP) is 5.02. The van der Waals surface area contributed by atoms with Crippen LogP contribution in [0.1, 0.15) is 59.5 Å². The topological polar surface area (TPSA) is 65.8 Å². The van der Waals surface area contributed by atoms with Crippen LogP contribution in [0.4, 0.5) is 0 Å². The molecule has 1 amide bonds. The van der Waals surface area contributed by atoms with Gasteiger partial charge in [-0.2, -0.15) is 0 Å². The molecule has 3 heterocycles. The SMILES string of the molecule is CN(C)CCN1Cc2cccc(C(=O)O)c2-c2c(C3CCCCC3)c3sccc3n2CC1=O. The minimum Gasteiger partial charge on any atom is -0.478 e. The number of rotatable bonds is 5. The number of aromatic carboxylic acids is 1. The van der Waals surface area contributed by atoms with Gasteiger partial charge < -0.3 is 19.5 Å². The number of benzene rings is 1. The van der Waals surface area contributed by atoms with E-state index in [0.29, 0.717) is 24.6 Å². The molecular weight excluding hydrogens is 434 g/mol. The van der Waals surface area contributed by atoms with Crippen molar-refractivity contribution in [2.45, 2.75) is 51.1 Å². The number of carbonyl (C=O) groups excluding carboxylic acids is 1. The molecule has 1 fully saturated rings. The summed E-state index contributed by atoms with van der Waals surface area (Å²) >= 11 is 1.72. The van der Waals surface area contributed by atoms with Crippen molar-refractivity contribution in [1.29, 1.82) is 0 Å². The summed E-state index contributed by atoms with van der Waals surface area (Å²) < 4.78 is 3.34. The van der Waals surface area contributed by atoms with Gasteiger partial charge in [0.2, 0.25) is 5.91 Å². The van der Waals surface area contributed by atoms with E-state index in [1.807, 2.05) is 31.1 Å². The number of amides is 1. The van der Waals surface area contributed by atoms with Crippen LogP contribution in [-0.2, 0) is 17.9 Å². The van der Waals surface area contributed by atoms with Crippen molar-refractivity contribution >= 4 is 33.4 Å². The molecule has 0 unspecified atom stereocenters. The highest BCUT2D eigenvalue weighted by molar-refractivity contribution is 7.17. The zero-order valence-electron chi connectivity index (χ0n) is 19.3. The molecule has 0 radical (unpaired) electrons. The Morgan fingerprint density at radius 1 is 1.15 bits per heavy atom. The molecule has 1 aromatic carbocycles. The van der Waals surface area contributed by atoms with E-state index in [1.165, 1.54) is 29.5 Å². The number of thiophene rings is 1. The van der Waals surface area contributed by atoms with Gasteiger partial charge in [0.05, 0.1) is 21.5 Å². The summed E-state index contributed by atoms with van der Waals surface area (Å²) in [7, 11) is 4.00. The first-order valence-electron chi connectivity index (χ1n) is 11.8. The first-order chi connectivity index (χ1) is 16.0. The molecule has 33 heavy (non-hydrogen) atoms. The lowest BCUT2D eigenvalue weighted by Gasteiger charge is -2.31. The van der Waals surface area contributed by atoms with E-state index in [4.69, 9.17) is 0 Å². The van der Waals surface area contributed by atoms with Gasteiger partial charge in [-0.3, -0.25) is 4.79 Å². The minimum absolute atomic E-state index is 0.0859. The highest BCUT2D eigenvalue weighted by Crippen LogP contribution is 2.47.